The highest BCUT2D eigenvalue weighted by Crippen LogP contribution is 2.33. The third-order valence-corrected chi connectivity index (χ3v) is 6.08. The summed E-state index contributed by atoms with van der Waals surface area (Å²) in [6, 6.07) is 10.8. The monoisotopic (exact) mass is 449 g/mol. The zero-order chi connectivity index (χ0) is 22.6. The highest BCUT2D eigenvalue weighted by molar-refractivity contribution is 7.15. The van der Waals surface area contributed by atoms with Gasteiger partial charge in [0.25, 0.3) is 0 Å². The molecule has 3 aromatic rings. The lowest BCUT2D eigenvalue weighted by molar-refractivity contribution is -0.139. The second-order valence-electron chi connectivity index (χ2n) is 7.24. The van der Waals surface area contributed by atoms with Crippen molar-refractivity contribution in [2.45, 2.75) is 39.3 Å². The molecule has 0 saturated heterocycles. The van der Waals surface area contributed by atoms with Gasteiger partial charge in [0, 0.05) is 10.4 Å². The molecule has 0 atom stereocenters. The Labute approximate surface area is 182 Å². The predicted octanol–water partition coefficient (Wildman–Crippen LogP) is 6.08. The Bertz CT molecular complexity index is 1060. The number of benzene rings is 2. The van der Waals surface area contributed by atoms with E-state index in [1.807, 2.05) is 26.0 Å². The molecule has 4 nitrogen and oxygen atoms in total. The van der Waals surface area contributed by atoms with Crippen LogP contribution in [0.1, 0.15) is 33.7 Å². The van der Waals surface area contributed by atoms with Gasteiger partial charge < -0.3 is 9.84 Å². The molecule has 0 aliphatic rings. The molecule has 1 heterocycles. The second-order valence-corrected chi connectivity index (χ2v) is 8.32. The molecule has 0 aliphatic heterocycles. The van der Waals surface area contributed by atoms with Gasteiger partial charge in [-0.05, 0) is 62.4 Å². The normalized spacial score (nSPS) is 11.5. The van der Waals surface area contributed by atoms with Crippen LogP contribution in [0, 0.1) is 13.8 Å². The molecular formula is C23H22F3NO3S. The largest absolute Gasteiger partial charge is 0.482 e. The lowest BCUT2D eigenvalue weighted by atomic mass is 10.0. The van der Waals surface area contributed by atoms with Gasteiger partial charge in [0.05, 0.1) is 11.3 Å². The van der Waals surface area contributed by atoms with Crippen LogP contribution in [0.15, 0.2) is 42.5 Å². The van der Waals surface area contributed by atoms with E-state index in [0.717, 1.165) is 58.1 Å². The summed E-state index contributed by atoms with van der Waals surface area (Å²) in [5.74, 6) is -0.454. The zero-order valence-electron chi connectivity index (χ0n) is 17.1. The number of alkyl halides is 3. The fourth-order valence-electron chi connectivity index (χ4n) is 3.21. The third kappa shape index (κ3) is 6.07. The lowest BCUT2D eigenvalue weighted by Crippen LogP contribution is -2.10. The average molecular weight is 449 g/mol. The molecular weight excluding hydrogens is 427 g/mol. The number of ether oxygens (including phenoxy) is 1. The van der Waals surface area contributed by atoms with Gasteiger partial charge in [0.15, 0.2) is 6.61 Å². The summed E-state index contributed by atoms with van der Waals surface area (Å²) < 4.78 is 43.5. The Kier molecular flexibility index (Phi) is 7.00. The molecule has 164 valence electrons. The maximum atomic E-state index is 12.7. The van der Waals surface area contributed by atoms with Crippen LogP contribution < -0.4 is 4.74 Å². The standard InChI is InChI=1S/C23H22F3NO3S/c1-14-12-16(6-11-19(14)30-13-21(28)29)4-3-5-20-15(2)27-22(31-20)17-7-9-18(10-8-17)23(24,25)26/h6-12H,3-5,13H2,1-2H3,(H,28,29). The molecule has 0 fully saturated rings. The summed E-state index contributed by atoms with van der Waals surface area (Å²) in [5.41, 5.74) is 2.93. The Balaban J connectivity index is 1.60. The number of aryl methyl sites for hydroxylation is 4. The predicted molar refractivity (Wildman–Crippen MR) is 114 cm³/mol. The number of carboxylic acid groups (broad SMARTS) is 1. The van der Waals surface area contributed by atoms with E-state index in [-0.39, 0.29) is 6.61 Å². The maximum Gasteiger partial charge on any atom is 0.416 e. The van der Waals surface area contributed by atoms with E-state index in [4.69, 9.17) is 9.84 Å². The van der Waals surface area contributed by atoms with Gasteiger partial charge in [-0.15, -0.1) is 11.3 Å². The zero-order valence-corrected chi connectivity index (χ0v) is 17.9. The number of carboxylic acids is 1. The van der Waals surface area contributed by atoms with Crippen molar-refractivity contribution in [1.82, 2.24) is 4.98 Å². The number of hydrogen-bond donors (Lipinski definition) is 1. The fourth-order valence-corrected chi connectivity index (χ4v) is 4.32. The molecule has 1 N–H and O–H groups in total. The number of aromatic nitrogens is 1. The first kappa shape index (κ1) is 22.8. The van der Waals surface area contributed by atoms with Crippen LogP contribution in [0.5, 0.6) is 5.75 Å². The van der Waals surface area contributed by atoms with E-state index in [1.165, 1.54) is 23.5 Å². The summed E-state index contributed by atoms with van der Waals surface area (Å²) in [7, 11) is 0. The van der Waals surface area contributed by atoms with E-state index in [9.17, 15) is 18.0 Å². The number of rotatable bonds is 8. The van der Waals surface area contributed by atoms with Crippen molar-refractivity contribution < 1.29 is 27.8 Å². The summed E-state index contributed by atoms with van der Waals surface area (Å²) in [6.45, 7) is 3.43. The maximum absolute atomic E-state index is 12.7. The van der Waals surface area contributed by atoms with Crippen LogP contribution in [0.25, 0.3) is 10.6 Å². The minimum atomic E-state index is -4.35. The van der Waals surface area contributed by atoms with Gasteiger partial charge in [0.2, 0.25) is 0 Å². The summed E-state index contributed by atoms with van der Waals surface area (Å²) in [6.07, 6.45) is -1.79. The number of halogens is 3. The SMILES string of the molecule is Cc1cc(CCCc2sc(-c3ccc(C(F)(F)F)cc3)nc2C)ccc1OCC(=O)O. The van der Waals surface area contributed by atoms with Gasteiger partial charge >= 0.3 is 12.1 Å². The molecule has 1 aromatic heterocycles. The summed E-state index contributed by atoms with van der Waals surface area (Å²) >= 11 is 1.51. The van der Waals surface area contributed by atoms with E-state index >= 15 is 0 Å². The van der Waals surface area contributed by atoms with Crippen molar-refractivity contribution in [3.05, 3.63) is 69.7 Å². The highest BCUT2D eigenvalue weighted by Gasteiger charge is 2.30. The number of hydrogen-bond acceptors (Lipinski definition) is 4. The van der Waals surface area contributed by atoms with Gasteiger partial charge in [-0.25, -0.2) is 9.78 Å². The van der Waals surface area contributed by atoms with Crippen molar-refractivity contribution >= 4 is 17.3 Å². The molecule has 0 radical (unpaired) electrons. The van der Waals surface area contributed by atoms with E-state index < -0.39 is 17.7 Å². The van der Waals surface area contributed by atoms with Gasteiger partial charge in [-0.3, -0.25) is 0 Å². The van der Waals surface area contributed by atoms with Gasteiger partial charge in [0.1, 0.15) is 10.8 Å². The molecule has 31 heavy (non-hydrogen) atoms. The van der Waals surface area contributed by atoms with Crippen LogP contribution in [0.2, 0.25) is 0 Å². The number of carbonyl (C=O) groups is 1. The van der Waals surface area contributed by atoms with Crippen molar-refractivity contribution in [2.75, 3.05) is 6.61 Å². The van der Waals surface area contributed by atoms with E-state index in [0.29, 0.717) is 11.3 Å². The Hall–Kier alpha value is -2.87. The number of thiazole rings is 1. The molecule has 3 rings (SSSR count). The molecule has 0 amide bonds. The topological polar surface area (TPSA) is 59.4 Å². The molecule has 0 aliphatic carbocycles. The van der Waals surface area contributed by atoms with Crippen molar-refractivity contribution in [1.29, 1.82) is 0 Å². The van der Waals surface area contributed by atoms with Crippen molar-refractivity contribution in [2.24, 2.45) is 0 Å². The van der Waals surface area contributed by atoms with Crippen LogP contribution in [-0.4, -0.2) is 22.7 Å². The Morgan fingerprint density at radius 1 is 1.10 bits per heavy atom. The first-order valence-electron chi connectivity index (χ1n) is 9.71. The van der Waals surface area contributed by atoms with Crippen LogP contribution in [0.4, 0.5) is 13.2 Å². The van der Waals surface area contributed by atoms with Gasteiger partial charge in [-0.1, -0.05) is 24.3 Å². The van der Waals surface area contributed by atoms with Crippen LogP contribution in [0.3, 0.4) is 0 Å². The first-order valence-corrected chi connectivity index (χ1v) is 10.5. The molecule has 8 heteroatoms. The molecule has 0 unspecified atom stereocenters. The van der Waals surface area contributed by atoms with Crippen molar-refractivity contribution in [3.8, 4) is 16.3 Å². The highest BCUT2D eigenvalue weighted by atomic mass is 32.1. The van der Waals surface area contributed by atoms with Crippen LogP contribution >= 0.6 is 11.3 Å². The van der Waals surface area contributed by atoms with Crippen LogP contribution in [-0.2, 0) is 23.8 Å². The molecule has 0 bridgehead atoms. The summed E-state index contributed by atoms with van der Waals surface area (Å²) in [4.78, 5) is 16.3. The van der Waals surface area contributed by atoms with Crippen molar-refractivity contribution in [3.63, 3.8) is 0 Å². The van der Waals surface area contributed by atoms with E-state index in [2.05, 4.69) is 4.98 Å². The molecule has 0 saturated carbocycles. The Morgan fingerprint density at radius 2 is 1.81 bits per heavy atom. The molecule has 0 spiro atoms. The number of aliphatic carboxylic acids is 1. The molecule has 2 aromatic carbocycles. The van der Waals surface area contributed by atoms with Gasteiger partial charge in [-0.2, -0.15) is 13.2 Å². The third-order valence-electron chi connectivity index (χ3n) is 4.81. The minimum absolute atomic E-state index is 0.369. The average Bonchev–Trinajstić information content (AvgIpc) is 3.07. The minimum Gasteiger partial charge on any atom is -0.482 e. The first-order chi connectivity index (χ1) is 14.6. The quantitative estimate of drug-likeness (QED) is 0.453. The second kappa shape index (κ2) is 9.51. The Morgan fingerprint density at radius 3 is 2.42 bits per heavy atom. The fraction of sp³-hybridized carbons (Fsp3) is 0.304. The van der Waals surface area contributed by atoms with E-state index in [1.54, 1.807) is 6.07 Å². The number of nitrogens with zero attached hydrogens (tertiary/aromatic N) is 1. The lowest BCUT2D eigenvalue weighted by Gasteiger charge is -2.09. The summed E-state index contributed by atoms with van der Waals surface area (Å²) in [5, 5.41) is 9.43. The smallest absolute Gasteiger partial charge is 0.416 e.